The number of piperazine rings is 1. The molecule has 35 heavy (non-hydrogen) atoms. The van der Waals surface area contributed by atoms with Crippen LogP contribution in [0.2, 0.25) is 0 Å². The Bertz CT molecular complexity index is 1030. The Morgan fingerprint density at radius 2 is 1.54 bits per heavy atom. The highest BCUT2D eigenvalue weighted by molar-refractivity contribution is 5.96. The summed E-state index contributed by atoms with van der Waals surface area (Å²) < 4.78 is 5.65. The monoisotopic (exact) mass is 481 g/mol. The predicted octanol–water partition coefficient (Wildman–Crippen LogP) is 2.10. The van der Waals surface area contributed by atoms with E-state index in [1.807, 2.05) is 31.2 Å². The maximum absolute atomic E-state index is 12.6. The molecule has 0 aromatic heterocycles. The van der Waals surface area contributed by atoms with E-state index >= 15 is 0 Å². The summed E-state index contributed by atoms with van der Waals surface area (Å²) in [7, 11) is 0. The quantitative estimate of drug-likeness (QED) is 0.537. The first-order valence-corrected chi connectivity index (χ1v) is 11.7. The normalized spacial score (nSPS) is 14.2. The number of ether oxygens (including phenoxy) is 1. The highest BCUT2D eigenvalue weighted by Crippen LogP contribution is 2.13. The first-order chi connectivity index (χ1) is 16.8. The van der Waals surface area contributed by atoms with Crippen LogP contribution in [0, 0.1) is 6.92 Å². The molecule has 0 bridgehead atoms. The number of aliphatic carboxylic acids is 1. The van der Waals surface area contributed by atoms with Crippen molar-refractivity contribution in [1.29, 1.82) is 0 Å². The van der Waals surface area contributed by atoms with Gasteiger partial charge >= 0.3 is 5.97 Å². The van der Waals surface area contributed by atoms with Crippen LogP contribution in [-0.4, -0.2) is 77.4 Å². The van der Waals surface area contributed by atoms with Crippen LogP contribution in [0.5, 0.6) is 5.75 Å². The number of rotatable bonds is 10. The molecule has 0 unspecified atom stereocenters. The van der Waals surface area contributed by atoms with Gasteiger partial charge in [0.15, 0.2) is 0 Å². The van der Waals surface area contributed by atoms with E-state index in [9.17, 15) is 24.3 Å². The van der Waals surface area contributed by atoms with E-state index in [1.54, 1.807) is 40.1 Å². The Morgan fingerprint density at radius 3 is 2.14 bits per heavy atom. The SMILES string of the molecule is Cc1cccc(OCCC(=O)N2CCN(C(=O)CC[C@H](NC(=O)c3ccccc3)C(=O)O)CC2)c1. The second kappa shape index (κ2) is 12.5. The van der Waals surface area contributed by atoms with Gasteiger partial charge < -0.3 is 25.0 Å². The number of hydrogen-bond acceptors (Lipinski definition) is 5. The third-order valence-electron chi connectivity index (χ3n) is 5.85. The third-order valence-corrected chi connectivity index (χ3v) is 5.85. The highest BCUT2D eigenvalue weighted by atomic mass is 16.5. The van der Waals surface area contributed by atoms with Crippen molar-refractivity contribution < 1.29 is 29.0 Å². The van der Waals surface area contributed by atoms with Crippen LogP contribution in [0.25, 0.3) is 0 Å². The van der Waals surface area contributed by atoms with E-state index in [-0.39, 0.29) is 37.7 Å². The standard InChI is InChI=1S/C26H31N3O6/c1-19-6-5-9-21(18-19)35-17-12-24(31)29-15-13-28(14-16-29)23(30)11-10-22(26(33)34)27-25(32)20-7-3-2-4-8-20/h2-9,18,22H,10-17H2,1H3,(H,27,32)(H,33,34)/t22-/m0/s1. The second-order valence-corrected chi connectivity index (χ2v) is 8.45. The minimum Gasteiger partial charge on any atom is -0.493 e. The number of carboxylic acids is 1. The van der Waals surface area contributed by atoms with Gasteiger partial charge in [0.05, 0.1) is 13.0 Å². The molecule has 9 heteroatoms. The lowest BCUT2D eigenvalue weighted by Gasteiger charge is -2.35. The number of carbonyl (C=O) groups is 4. The van der Waals surface area contributed by atoms with Crippen LogP contribution in [0.15, 0.2) is 54.6 Å². The van der Waals surface area contributed by atoms with Crippen molar-refractivity contribution in [3.63, 3.8) is 0 Å². The highest BCUT2D eigenvalue weighted by Gasteiger charge is 2.26. The summed E-state index contributed by atoms with van der Waals surface area (Å²) in [6.07, 6.45) is 0.232. The number of benzene rings is 2. The summed E-state index contributed by atoms with van der Waals surface area (Å²) >= 11 is 0. The molecular formula is C26H31N3O6. The molecule has 1 atom stereocenters. The molecule has 0 aliphatic carbocycles. The number of nitrogens with one attached hydrogen (secondary N) is 1. The fraction of sp³-hybridized carbons (Fsp3) is 0.385. The van der Waals surface area contributed by atoms with Crippen molar-refractivity contribution in [1.82, 2.24) is 15.1 Å². The molecule has 3 rings (SSSR count). The second-order valence-electron chi connectivity index (χ2n) is 8.45. The van der Waals surface area contributed by atoms with Crippen molar-refractivity contribution in [2.45, 2.75) is 32.2 Å². The lowest BCUT2D eigenvalue weighted by Crippen LogP contribution is -2.51. The Morgan fingerprint density at radius 1 is 0.914 bits per heavy atom. The van der Waals surface area contributed by atoms with E-state index < -0.39 is 17.9 Å². The van der Waals surface area contributed by atoms with Crippen molar-refractivity contribution in [3.05, 3.63) is 65.7 Å². The third kappa shape index (κ3) is 7.84. The topological polar surface area (TPSA) is 116 Å². The number of nitrogens with zero attached hydrogens (tertiary/aromatic N) is 2. The van der Waals surface area contributed by atoms with Gasteiger partial charge in [-0.1, -0.05) is 30.3 Å². The molecule has 2 aromatic carbocycles. The smallest absolute Gasteiger partial charge is 0.326 e. The van der Waals surface area contributed by atoms with Crippen LogP contribution in [-0.2, 0) is 14.4 Å². The van der Waals surface area contributed by atoms with Gasteiger partial charge in [0, 0.05) is 38.2 Å². The van der Waals surface area contributed by atoms with Gasteiger partial charge in [-0.3, -0.25) is 14.4 Å². The number of carboxylic acid groups (broad SMARTS) is 1. The van der Waals surface area contributed by atoms with Crippen molar-refractivity contribution in [2.24, 2.45) is 0 Å². The van der Waals surface area contributed by atoms with Gasteiger partial charge in [-0.05, 0) is 43.2 Å². The average molecular weight is 482 g/mol. The summed E-state index contributed by atoms with van der Waals surface area (Å²) in [5, 5.41) is 11.9. The largest absolute Gasteiger partial charge is 0.493 e. The molecular weight excluding hydrogens is 450 g/mol. The van der Waals surface area contributed by atoms with Crippen molar-refractivity contribution in [3.8, 4) is 5.75 Å². The van der Waals surface area contributed by atoms with Crippen molar-refractivity contribution in [2.75, 3.05) is 32.8 Å². The van der Waals surface area contributed by atoms with E-state index in [0.717, 1.165) is 11.3 Å². The van der Waals surface area contributed by atoms with Crippen molar-refractivity contribution >= 4 is 23.7 Å². The van der Waals surface area contributed by atoms with E-state index in [0.29, 0.717) is 31.7 Å². The van der Waals surface area contributed by atoms with Gasteiger partial charge in [-0.25, -0.2) is 4.79 Å². The summed E-state index contributed by atoms with van der Waals surface area (Å²) in [6, 6.07) is 14.8. The number of carbonyl (C=O) groups excluding carboxylic acids is 3. The number of amides is 3. The van der Waals surface area contributed by atoms with Gasteiger partial charge in [0.25, 0.3) is 5.91 Å². The molecule has 2 aromatic rings. The van der Waals surface area contributed by atoms with Gasteiger partial charge in [0.1, 0.15) is 11.8 Å². The van der Waals surface area contributed by atoms with Gasteiger partial charge in [-0.15, -0.1) is 0 Å². The van der Waals surface area contributed by atoms with Gasteiger partial charge in [-0.2, -0.15) is 0 Å². The zero-order valence-corrected chi connectivity index (χ0v) is 19.8. The summed E-state index contributed by atoms with van der Waals surface area (Å²) in [5.74, 6) is -1.18. The molecule has 9 nitrogen and oxygen atoms in total. The molecule has 1 fully saturated rings. The van der Waals surface area contributed by atoms with Crippen LogP contribution in [0.4, 0.5) is 0 Å². The molecule has 1 saturated heterocycles. The van der Waals surface area contributed by atoms with Crippen LogP contribution >= 0.6 is 0 Å². The number of aryl methyl sites for hydroxylation is 1. The van der Waals surface area contributed by atoms with Gasteiger partial charge in [0.2, 0.25) is 11.8 Å². The summed E-state index contributed by atoms with van der Waals surface area (Å²) in [5.41, 5.74) is 1.44. The minimum absolute atomic E-state index is 0.00961. The molecule has 0 radical (unpaired) electrons. The lowest BCUT2D eigenvalue weighted by molar-refractivity contribution is -0.141. The van der Waals surface area contributed by atoms with Crippen LogP contribution in [0.1, 0.15) is 35.2 Å². The summed E-state index contributed by atoms with van der Waals surface area (Å²) in [6.45, 7) is 3.87. The van der Waals surface area contributed by atoms with E-state index in [1.165, 1.54) is 0 Å². The zero-order chi connectivity index (χ0) is 25.2. The molecule has 186 valence electrons. The molecule has 1 aliphatic rings. The van der Waals surface area contributed by atoms with Crippen LogP contribution < -0.4 is 10.1 Å². The number of hydrogen-bond donors (Lipinski definition) is 2. The molecule has 0 saturated carbocycles. The molecule has 2 N–H and O–H groups in total. The molecule has 3 amide bonds. The lowest BCUT2D eigenvalue weighted by atomic mass is 10.1. The fourth-order valence-corrected chi connectivity index (χ4v) is 3.84. The molecule has 1 heterocycles. The van der Waals surface area contributed by atoms with E-state index in [2.05, 4.69) is 5.32 Å². The van der Waals surface area contributed by atoms with E-state index in [4.69, 9.17) is 4.74 Å². The first kappa shape index (κ1) is 25.7. The first-order valence-electron chi connectivity index (χ1n) is 11.7. The zero-order valence-electron chi connectivity index (χ0n) is 19.8. The maximum Gasteiger partial charge on any atom is 0.326 e. The van der Waals surface area contributed by atoms with Crippen LogP contribution in [0.3, 0.4) is 0 Å². The maximum atomic E-state index is 12.6. The Hall–Kier alpha value is -3.88. The Kier molecular flexibility index (Phi) is 9.23. The Balaban J connectivity index is 1.39. The summed E-state index contributed by atoms with van der Waals surface area (Å²) in [4.78, 5) is 52.3. The Labute approximate surface area is 204 Å². The molecule has 1 aliphatic heterocycles. The minimum atomic E-state index is -1.19. The molecule has 0 spiro atoms. The average Bonchev–Trinajstić information content (AvgIpc) is 2.86. The predicted molar refractivity (Wildman–Crippen MR) is 129 cm³/mol. The fourth-order valence-electron chi connectivity index (χ4n) is 3.84.